The van der Waals surface area contributed by atoms with Crippen LogP contribution in [0.5, 0.6) is 0 Å². The van der Waals surface area contributed by atoms with E-state index in [1.165, 1.54) is 0 Å². The molecule has 2 rings (SSSR count). The maximum absolute atomic E-state index is 6.37. The third-order valence-corrected chi connectivity index (χ3v) is 4.04. The molecule has 0 aromatic carbocycles. The van der Waals surface area contributed by atoms with Gasteiger partial charge in [0.1, 0.15) is 11.3 Å². The highest BCUT2D eigenvalue weighted by atomic mass is 79.9. The van der Waals surface area contributed by atoms with Crippen LogP contribution in [0.15, 0.2) is 16.7 Å². The molecule has 0 aliphatic carbocycles. The molecule has 0 fully saturated rings. The van der Waals surface area contributed by atoms with Gasteiger partial charge in [0, 0.05) is 16.2 Å². The fourth-order valence-corrected chi connectivity index (χ4v) is 3.66. The van der Waals surface area contributed by atoms with E-state index < -0.39 is 0 Å². The van der Waals surface area contributed by atoms with Crippen LogP contribution in [0.4, 0.5) is 0 Å². The quantitative estimate of drug-likeness (QED) is 0.650. The predicted octanol–water partition coefficient (Wildman–Crippen LogP) is 5.66. The molecule has 2 aromatic rings. The number of pyridine rings is 1. The topological polar surface area (TPSA) is 30.7 Å². The minimum absolute atomic E-state index is 0.105. The van der Waals surface area contributed by atoms with E-state index >= 15 is 0 Å². The molecule has 0 amide bonds. The van der Waals surface area contributed by atoms with Gasteiger partial charge in [-0.25, -0.2) is 9.97 Å². The summed E-state index contributed by atoms with van der Waals surface area (Å²) < 4.78 is 3.14. The van der Waals surface area contributed by atoms with Crippen LogP contribution in [0, 0.1) is 5.41 Å². The Labute approximate surface area is 140 Å². The van der Waals surface area contributed by atoms with Gasteiger partial charge in [0.05, 0.1) is 5.38 Å². The molecule has 116 valence electrons. The molecule has 0 saturated heterocycles. The van der Waals surface area contributed by atoms with E-state index in [0.717, 1.165) is 27.9 Å². The SMILES string of the molecule is CC(Cl)c1nc2cc(Br)cnc2n1C(C)(C)CC(C)(C)C. The summed E-state index contributed by atoms with van der Waals surface area (Å²) >= 11 is 9.83. The van der Waals surface area contributed by atoms with Crippen LogP contribution in [0.2, 0.25) is 0 Å². The molecule has 1 unspecified atom stereocenters. The fraction of sp³-hybridized carbons (Fsp3) is 0.625. The van der Waals surface area contributed by atoms with Gasteiger partial charge in [-0.1, -0.05) is 20.8 Å². The average molecular weight is 373 g/mol. The van der Waals surface area contributed by atoms with Crippen molar-refractivity contribution in [2.45, 2.75) is 58.9 Å². The number of aromatic nitrogens is 3. The second kappa shape index (κ2) is 5.54. The van der Waals surface area contributed by atoms with E-state index in [1.54, 1.807) is 0 Å². The molecule has 0 aliphatic rings. The van der Waals surface area contributed by atoms with Crippen molar-refractivity contribution in [2.24, 2.45) is 5.41 Å². The molecule has 2 aromatic heterocycles. The van der Waals surface area contributed by atoms with Gasteiger partial charge in [-0.05, 0) is 54.6 Å². The summed E-state index contributed by atoms with van der Waals surface area (Å²) in [6.45, 7) is 13.2. The van der Waals surface area contributed by atoms with Gasteiger partial charge in [-0.2, -0.15) is 0 Å². The zero-order valence-corrected chi connectivity index (χ0v) is 15.9. The lowest BCUT2D eigenvalue weighted by Crippen LogP contribution is -2.33. The normalized spacial score (nSPS) is 14.7. The Bertz CT molecular complexity index is 653. The van der Waals surface area contributed by atoms with E-state index in [9.17, 15) is 0 Å². The average Bonchev–Trinajstić information content (AvgIpc) is 2.64. The molecule has 1 atom stereocenters. The highest BCUT2D eigenvalue weighted by Crippen LogP contribution is 2.37. The predicted molar refractivity (Wildman–Crippen MR) is 92.9 cm³/mol. The van der Waals surface area contributed by atoms with E-state index in [2.05, 4.69) is 60.1 Å². The van der Waals surface area contributed by atoms with Gasteiger partial charge >= 0.3 is 0 Å². The monoisotopic (exact) mass is 371 g/mol. The van der Waals surface area contributed by atoms with Crippen molar-refractivity contribution in [3.63, 3.8) is 0 Å². The summed E-state index contributed by atoms with van der Waals surface area (Å²) in [6.07, 6.45) is 2.83. The van der Waals surface area contributed by atoms with Crippen LogP contribution in [0.3, 0.4) is 0 Å². The van der Waals surface area contributed by atoms with Crippen molar-refractivity contribution in [3.8, 4) is 0 Å². The van der Waals surface area contributed by atoms with Crippen molar-refractivity contribution in [1.29, 1.82) is 0 Å². The van der Waals surface area contributed by atoms with Gasteiger partial charge in [-0.3, -0.25) is 0 Å². The smallest absolute Gasteiger partial charge is 0.160 e. The molecule has 2 heterocycles. The summed E-state index contributed by atoms with van der Waals surface area (Å²) in [5.74, 6) is 0.881. The molecule has 0 N–H and O–H groups in total. The summed E-state index contributed by atoms with van der Waals surface area (Å²) in [5.41, 5.74) is 1.89. The number of hydrogen-bond acceptors (Lipinski definition) is 2. The van der Waals surface area contributed by atoms with Gasteiger partial charge in [0.2, 0.25) is 0 Å². The summed E-state index contributed by atoms with van der Waals surface area (Å²) in [5, 5.41) is -0.155. The van der Waals surface area contributed by atoms with Crippen LogP contribution < -0.4 is 0 Å². The van der Waals surface area contributed by atoms with Crippen LogP contribution in [-0.4, -0.2) is 14.5 Å². The number of hydrogen-bond donors (Lipinski definition) is 0. The molecular weight excluding hydrogens is 350 g/mol. The van der Waals surface area contributed by atoms with E-state index in [4.69, 9.17) is 16.6 Å². The molecule has 3 nitrogen and oxygen atoms in total. The first-order chi connectivity index (χ1) is 9.51. The first kappa shape index (κ1) is 16.8. The van der Waals surface area contributed by atoms with Crippen molar-refractivity contribution in [3.05, 3.63) is 22.6 Å². The maximum Gasteiger partial charge on any atom is 0.160 e. The van der Waals surface area contributed by atoms with Gasteiger partial charge in [0.25, 0.3) is 0 Å². The van der Waals surface area contributed by atoms with E-state index in [0.29, 0.717) is 0 Å². The molecular formula is C16H23BrClN3. The van der Waals surface area contributed by atoms with Crippen molar-refractivity contribution in [1.82, 2.24) is 14.5 Å². The molecule has 0 saturated carbocycles. The minimum atomic E-state index is -0.155. The second-order valence-electron chi connectivity index (χ2n) is 7.47. The summed E-state index contributed by atoms with van der Waals surface area (Å²) in [6, 6.07) is 1.99. The highest BCUT2D eigenvalue weighted by molar-refractivity contribution is 9.10. The van der Waals surface area contributed by atoms with E-state index in [1.807, 2.05) is 19.2 Å². The lowest BCUT2D eigenvalue weighted by atomic mass is 9.81. The lowest BCUT2D eigenvalue weighted by Gasteiger charge is -2.35. The number of imidazole rings is 1. The Morgan fingerprint density at radius 2 is 1.90 bits per heavy atom. The van der Waals surface area contributed by atoms with Crippen molar-refractivity contribution < 1.29 is 0 Å². The first-order valence-electron chi connectivity index (χ1n) is 7.20. The Balaban J connectivity index is 2.68. The second-order valence-corrected chi connectivity index (χ2v) is 9.04. The van der Waals surface area contributed by atoms with E-state index in [-0.39, 0.29) is 16.3 Å². The first-order valence-corrected chi connectivity index (χ1v) is 8.43. The van der Waals surface area contributed by atoms with Crippen LogP contribution >= 0.6 is 27.5 Å². The van der Waals surface area contributed by atoms with Crippen LogP contribution in [-0.2, 0) is 5.54 Å². The fourth-order valence-electron chi connectivity index (χ4n) is 3.20. The minimum Gasteiger partial charge on any atom is -0.306 e. The van der Waals surface area contributed by atoms with Crippen LogP contribution in [0.25, 0.3) is 11.2 Å². The zero-order valence-electron chi connectivity index (χ0n) is 13.5. The number of alkyl halides is 1. The number of rotatable bonds is 3. The number of fused-ring (bicyclic) bond motifs is 1. The zero-order chi connectivity index (χ0) is 16.0. The summed E-state index contributed by atoms with van der Waals surface area (Å²) in [7, 11) is 0. The Hall–Kier alpha value is -0.610. The number of halogens is 2. The molecule has 0 bridgehead atoms. The highest BCUT2D eigenvalue weighted by Gasteiger charge is 2.32. The van der Waals surface area contributed by atoms with Gasteiger partial charge in [-0.15, -0.1) is 11.6 Å². The Morgan fingerprint density at radius 1 is 1.29 bits per heavy atom. The Morgan fingerprint density at radius 3 is 2.43 bits per heavy atom. The lowest BCUT2D eigenvalue weighted by molar-refractivity contribution is 0.214. The standard InChI is InChI=1S/C16H23BrClN3/c1-10(18)13-20-12-7-11(17)8-19-14(12)21(13)16(5,6)9-15(2,3)4/h7-8,10H,9H2,1-6H3. The largest absolute Gasteiger partial charge is 0.306 e. The molecule has 0 spiro atoms. The van der Waals surface area contributed by atoms with Crippen molar-refractivity contribution in [2.75, 3.05) is 0 Å². The number of nitrogens with zero attached hydrogens (tertiary/aromatic N) is 3. The van der Waals surface area contributed by atoms with Gasteiger partial charge in [0.15, 0.2) is 5.65 Å². The maximum atomic E-state index is 6.37. The van der Waals surface area contributed by atoms with Crippen LogP contribution in [0.1, 0.15) is 59.2 Å². The third-order valence-electron chi connectivity index (χ3n) is 3.41. The molecule has 21 heavy (non-hydrogen) atoms. The molecule has 5 heteroatoms. The molecule has 0 radical (unpaired) electrons. The summed E-state index contributed by atoms with van der Waals surface area (Å²) in [4.78, 5) is 9.28. The third kappa shape index (κ3) is 3.59. The molecule has 0 aliphatic heterocycles. The Kier molecular flexibility index (Phi) is 4.42. The van der Waals surface area contributed by atoms with Crippen molar-refractivity contribution >= 4 is 38.7 Å². The van der Waals surface area contributed by atoms with Gasteiger partial charge < -0.3 is 4.57 Å².